The first kappa shape index (κ1) is 23.7. The van der Waals surface area contributed by atoms with Crippen LogP contribution < -0.4 is 15.7 Å². The van der Waals surface area contributed by atoms with Crippen LogP contribution in [0.15, 0.2) is 56.5 Å². The third kappa shape index (κ3) is 3.68. The Balaban J connectivity index is 1.47. The van der Waals surface area contributed by atoms with Crippen LogP contribution in [0.2, 0.25) is 0 Å². The number of phenols is 1. The quantitative estimate of drug-likeness (QED) is 0.294. The molecular formula is C28H27N5O5. The summed E-state index contributed by atoms with van der Waals surface area (Å²) in [4.78, 5) is 28.6. The molecule has 2 aromatic carbocycles. The van der Waals surface area contributed by atoms with Crippen molar-refractivity contribution in [2.45, 2.75) is 40.3 Å². The topological polar surface area (TPSA) is 131 Å². The number of nitrogens with one attached hydrogen (secondary N) is 2. The Kier molecular flexibility index (Phi) is 5.41. The highest BCUT2D eigenvalue weighted by Gasteiger charge is 2.24. The molecule has 4 aromatic heterocycles. The Hall–Kier alpha value is -4.73. The minimum Gasteiger partial charge on any atom is -0.502 e. The number of aromatic hydroxyl groups is 1. The van der Waals surface area contributed by atoms with Crippen molar-refractivity contribution in [3.63, 3.8) is 0 Å². The summed E-state index contributed by atoms with van der Waals surface area (Å²) < 4.78 is 15.7. The van der Waals surface area contributed by atoms with Gasteiger partial charge < -0.3 is 19.2 Å². The lowest BCUT2D eigenvalue weighted by Crippen LogP contribution is -2.10. The van der Waals surface area contributed by atoms with Crippen LogP contribution in [-0.2, 0) is 6.54 Å². The molecule has 38 heavy (non-hydrogen) atoms. The predicted octanol–water partition coefficient (Wildman–Crippen LogP) is 4.76. The number of phenolic OH excluding ortho intramolecular Hbond substituents is 1. The van der Waals surface area contributed by atoms with Crippen LogP contribution in [-0.4, -0.2) is 36.3 Å². The maximum absolute atomic E-state index is 13.2. The van der Waals surface area contributed by atoms with Crippen molar-refractivity contribution >= 4 is 33.1 Å². The van der Waals surface area contributed by atoms with Crippen molar-refractivity contribution in [3.05, 3.63) is 74.4 Å². The maximum Gasteiger partial charge on any atom is 0.274 e. The monoisotopic (exact) mass is 513 g/mol. The fraction of sp³-hybridized carbons (Fsp3) is 0.250. The molecular weight excluding hydrogens is 486 g/mol. The van der Waals surface area contributed by atoms with Gasteiger partial charge >= 0.3 is 0 Å². The van der Waals surface area contributed by atoms with Gasteiger partial charge in [0.1, 0.15) is 18.0 Å². The molecule has 10 heteroatoms. The van der Waals surface area contributed by atoms with E-state index in [4.69, 9.17) is 9.15 Å². The SMILES string of the molecule is Cc1cc(C)n(CCOc2ccc(-c3c4oc5c(O)c(=O)ccc5c4[nH]c4c3c(=O)[nH]n4C(C)C)cc2)n1. The van der Waals surface area contributed by atoms with Crippen molar-refractivity contribution < 1.29 is 14.3 Å². The number of H-pyrrole nitrogens is 2. The molecule has 0 aliphatic carbocycles. The Morgan fingerprint density at radius 1 is 1.08 bits per heavy atom. The average molecular weight is 514 g/mol. The van der Waals surface area contributed by atoms with Gasteiger partial charge in [-0.3, -0.25) is 24.1 Å². The van der Waals surface area contributed by atoms with Gasteiger partial charge in [0.05, 0.1) is 23.1 Å². The van der Waals surface area contributed by atoms with Crippen molar-refractivity contribution in [2.75, 3.05) is 6.61 Å². The maximum atomic E-state index is 13.2. The van der Waals surface area contributed by atoms with E-state index in [1.165, 1.54) is 6.07 Å². The summed E-state index contributed by atoms with van der Waals surface area (Å²) in [6.07, 6.45) is 0. The first-order chi connectivity index (χ1) is 18.2. The number of nitrogens with zero attached hydrogens (tertiary/aromatic N) is 3. The number of ether oxygens (including phenoxy) is 1. The van der Waals surface area contributed by atoms with Gasteiger partial charge in [0, 0.05) is 22.7 Å². The molecule has 0 unspecified atom stereocenters. The van der Waals surface area contributed by atoms with Gasteiger partial charge in [0.15, 0.2) is 11.2 Å². The number of rotatable bonds is 6. The predicted molar refractivity (Wildman–Crippen MR) is 145 cm³/mol. The van der Waals surface area contributed by atoms with Gasteiger partial charge in [-0.05, 0) is 63.6 Å². The molecule has 194 valence electrons. The van der Waals surface area contributed by atoms with Gasteiger partial charge in [-0.1, -0.05) is 12.1 Å². The van der Waals surface area contributed by atoms with E-state index in [-0.39, 0.29) is 17.2 Å². The lowest BCUT2D eigenvalue weighted by atomic mass is 10.0. The molecule has 0 atom stereocenters. The number of hydrogen-bond donors (Lipinski definition) is 3. The second kappa shape index (κ2) is 8.69. The molecule has 0 radical (unpaired) electrons. The van der Waals surface area contributed by atoms with Crippen LogP contribution in [0.5, 0.6) is 11.5 Å². The molecule has 0 saturated heterocycles. The van der Waals surface area contributed by atoms with Crippen molar-refractivity contribution in [2.24, 2.45) is 0 Å². The molecule has 0 fully saturated rings. The third-order valence-corrected chi connectivity index (χ3v) is 6.78. The van der Waals surface area contributed by atoms with Crippen LogP contribution in [0, 0.1) is 13.8 Å². The Bertz CT molecular complexity index is 1950. The number of hydrogen-bond acceptors (Lipinski definition) is 6. The van der Waals surface area contributed by atoms with Crippen molar-refractivity contribution in [1.29, 1.82) is 0 Å². The molecule has 0 aliphatic heterocycles. The fourth-order valence-electron chi connectivity index (χ4n) is 5.00. The summed E-state index contributed by atoms with van der Waals surface area (Å²) in [5.74, 6) is 0.215. The van der Waals surface area contributed by atoms with E-state index in [0.29, 0.717) is 52.0 Å². The van der Waals surface area contributed by atoms with E-state index in [2.05, 4.69) is 15.2 Å². The molecule has 10 nitrogen and oxygen atoms in total. The zero-order valence-corrected chi connectivity index (χ0v) is 21.5. The minimum absolute atomic E-state index is 0.0282. The Morgan fingerprint density at radius 2 is 1.84 bits per heavy atom. The first-order valence-corrected chi connectivity index (χ1v) is 12.4. The summed E-state index contributed by atoms with van der Waals surface area (Å²) in [5.41, 5.74) is 4.15. The van der Waals surface area contributed by atoms with E-state index in [9.17, 15) is 14.7 Å². The van der Waals surface area contributed by atoms with E-state index in [1.54, 1.807) is 10.7 Å². The average Bonchev–Trinajstić information content (AvgIpc) is 3.53. The van der Waals surface area contributed by atoms with Crippen molar-refractivity contribution in [1.82, 2.24) is 24.5 Å². The molecule has 0 bridgehead atoms. The smallest absolute Gasteiger partial charge is 0.274 e. The van der Waals surface area contributed by atoms with Crippen LogP contribution in [0.1, 0.15) is 31.3 Å². The zero-order chi connectivity index (χ0) is 26.7. The highest BCUT2D eigenvalue weighted by atomic mass is 16.5. The first-order valence-electron chi connectivity index (χ1n) is 12.4. The largest absolute Gasteiger partial charge is 0.502 e. The molecule has 0 aliphatic rings. The number of furan rings is 1. The van der Waals surface area contributed by atoms with E-state index in [0.717, 1.165) is 17.0 Å². The van der Waals surface area contributed by atoms with E-state index >= 15 is 0 Å². The summed E-state index contributed by atoms with van der Waals surface area (Å²) in [5, 5.41) is 18.7. The normalized spacial score (nSPS) is 11.9. The molecule has 6 rings (SSSR count). The summed E-state index contributed by atoms with van der Waals surface area (Å²) >= 11 is 0. The highest BCUT2D eigenvalue weighted by Crippen LogP contribution is 2.40. The standard InChI is InChI=1S/C28H27N5O5/c1-14(2)33-27-22(28(36)31-33)21(26-23(29-27)19-9-10-20(34)24(35)25(19)38-26)17-5-7-18(8-6-17)37-12-11-32-16(4)13-15(3)30-32/h5-10,13-14,29,35H,11-12H2,1-4H3,(H,31,36). The van der Waals surface area contributed by atoms with Gasteiger partial charge in [-0.25, -0.2) is 0 Å². The minimum atomic E-state index is -0.533. The number of pyridine rings is 1. The summed E-state index contributed by atoms with van der Waals surface area (Å²) in [6, 6.07) is 12.3. The van der Waals surface area contributed by atoms with Crippen molar-refractivity contribution in [3.8, 4) is 22.6 Å². The van der Waals surface area contributed by atoms with E-state index < -0.39 is 11.2 Å². The lowest BCUT2D eigenvalue weighted by Gasteiger charge is -2.11. The highest BCUT2D eigenvalue weighted by molar-refractivity contribution is 6.15. The van der Waals surface area contributed by atoms with Gasteiger partial charge in [0.2, 0.25) is 11.2 Å². The second-order valence-electron chi connectivity index (χ2n) is 9.75. The van der Waals surface area contributed by atoms with Crippen LogP contribution in [0.25, 0.3) is 44.2 Å². The number of fused-ring (bicyclic) bond motifs is 4. The second-order valence-corrected chi connectivity index (χ2v) is 9.75. The molecule has 3 N–H and O–H groups in total. The summed E-state index contributed by atoms with van der Waals surface area (Å²) in [7, 11) is 0. The molecule has 6 aromatic rings. The molecule has 0 saturated carbocycles. The number of aromatic nitrogens is 5. The third-order valence-electron chi connectivity index (χ3n) is 6.78. The van der Waals surface area contributed by atoms with Crippen LogP contribution >= 0.6 is 0 Å². The molecule has 0 spiro atoms. The van der Waals surface area contributed by atoms with E-state index in [1.807, 2.05) is 62.7 Å². The van der Waals surface area contributed by atoms with Crippen LogP contribution in [0.4, 0.5) is 0 Å². The van der Waals surface area contributed by atoms with Crippen LogP contribution in [0.3, 0.4) is 0 Å². The van der Waals surface area contributed by atoms with Gasteiger partial charge in [-0.2, -0.15) is 5.10 Å². The summed E-state index contributed by atoms with van der Waals surface area (Å²) in [6.45, 7) is 8.98. The lowest BCUT2D eigenvalue weighted by molar-refractivity contribution is 0.289. The Morgan fingerprint density at radius 3 is 2.53 bits per heavy atom. The Labute approximate surface area is 216 Å². The fourth-order valence-corrected chi connectivity index (χ4v) is 5.00. The number of aromatic amines is 2. The zero-order valence-electron chi connectivity index (χ0n) is 21.5. The molecule has 4 heterocycles. The number of benzene rings is 2. The molecule has 0 amide bonds. The number of aryl methyl sites for hydroxylation is 2. The van der Waals surface area contributed by atoms with Gasteiger partial charge in [0.25, 0.3) is 5.56 Å². The van der Waals surface area contributed by atoms with Gasteiger partial charge in [-0.15, -0.1) is 0 Å².